The van der Waals surface area contributed by atoms with Gasteiger partial charge in [-0.2, -0.15) is 5.10 Å². The first-order valence-electron chi connectivity index (χ1n) is 8.66. The number of hydrogen-bond acceptors (Lipinski definition) is 8. The van der Waals surface area contributed by atoms with Crippen molar-refractivity contribution in [3.8, 4) is 11.8 Å². The van der Waals surface area contributed by atoms with Crippen LogP contribution in [0.3, 0.4) is 0 Å². The number of thioether (sulfide) groups is 1. The third-order valence-corrected chi connectivity index (χ3v) is 5.29. The number of ether oxygens (including phenoxy) is 1. The molecule has 0 amide bonds. The van der Waals surface area contributed by atoms with Crippen LogP contribution in [0.5, 0.6) is 0 Å². The molecule has 0 spiro atoms. The van der Waals surface area contributed by atoms with Crippen LogP contribution < -0.4 is 0 Å². The van der Waals surface area contributed by atoms with Crippen LogP contribution in [0, 0.1) is 11.8 Å². The topological polar surface area (TPSA) is 114 Å². The van der Waals surface area contributed by atoms with Crippen molar-refractivity contribution in [1.82, 2.24) is 19.7 Å². The first-order valence-corrected chi connectivity index (χ1v) is 9.65. The Morgan fingerprint density at radius 1 is 1.14 bits per heavy atom. The summed E-state index contributed by atoms with van der Waals surface area (Å²) in [4.78, 5) is 8.53. The summed E-state index contributed by atoms with van der Waals surface area (Å²) >= 11 is 1.46. The Bertz CT molecular complexity index is 1020. The van der Waals surface area contributed by atoms with E-state index in [4.69, 9.17) is 4.74 Å². The molecule has 4 unspecified atom stereocenters. The van der Waals surface area contributed by atoms with Gasteiger partial charge in [0.25, 0.3) is 0 Å². The van der Waals surface area contributed by atoms with Gasteiger partial charge in [0.1, 0.15) is 29.7 Å². The normalized spacial score (nSPS) is 24.2. The number of aliphatic hydroxyl groups excluding tert-OH is 3. The molecular formula is C19H18N4O4S. The molecule has 28 heavy (non-hydrogen) atoms. The number of benzene rings is 1. The fraction of sp³-hybridized carbons (Fsp3) is 0.316. The van der Waals surface area contributed by atoms with Crippen molar-refractivity contribution in [3.63, 3.8) is 0 Å². The molecule has 1 saturated heterocycles. The summed E-state index contributed by atoms with van der Waals surface area (Å²) in [7, 11) is 0. The lowest BCUT2D eigenvalue weighted by Gasteiger charge is -2.15. The highest BCUT2D eigenvalue weighted by Gasteiger charge is 2.44. The highest BCUT2D eigenvalue weighted by molar-refractivity contribution is 7.99. The molecule has 0 bridgehead atoms. The third-order valence-electron chi connectivity index (χ3n) is 4.40. The zero-order chi connectivity index (χ0) is 19.5. The van der Waals surface area contributed by atoms with Gasteiger partial charge in [-0.1, -0.05) is 41.8 Å². The fourth-order valence-electron chi connectivity index (χ4n) is 2.99. The van der Waals surface area contributed by atoms with E-state index in [1.165, 1.54) is 22.8 Å². The molecule has 9 heteroatoms. The van der Waals surface area contributed by atoms with E-state index in [1.54, 1.807) is 6.20 Å². The number of hydrogen-bond donors (Lipinski definition) is 3. The molecule has 4 atom stereocenters. The van der Waals surface area contributed by atoms with Crippen LogP contribution in [-0.4, -0.2) is 65.7 Å². The highest BCUT2D eigenvalue weighted by Crippen LogP contribution is 2.32. The van der Waals surface area contributed by atoms with E-state index < -0.39 is 31.1 Å². The van der Waals surface area contributed by atoms with Gasteiger partial charge >= 0.3 is 0 Å². The minimum Gasteiger partial charge on any atom is -0.394 e. The molecule has 0 saturated carbocycles. The molecule has 3 heterocycles. The molecule has 4 rings (SSSR count). The highest BCUT2D eigenvalue weighted by atomic mass is 32.2. The Morgan fingerprint density at radius 2 is 1.96 bits per heavy atom. The van der Waals surface area contributed by atoms with Crippen LogP contribution in [0.2, 0.25) is 0 Å². The number of nitrogens with zero attached hydrogens (tertiary/aromatic N) is 4. The van der Waals surface area contributed by atoms with E-state index in [9.17, 15) is 15.3 Å². The Morgan fingerprint density at radius 3 is 2.71 bits per heavy atom. The predicted molar refractivity (Wildman–Crippen MR) is 102 cm³/mol. The van der Waals surface area contributed by atoms with Gasteiger partial charge in [0.2, 0.25) is 0 Å². The van der Waals surface area contributed by atoms with E-state index in [-0.39, 0.29) is 0 Å². The molecule has 3 aromatic rings. The summed E-state index contributed by atoms with van der Waals surface area (Å²) in [5, 5.41) is 35.1. The molecular weight excluding hydrogens is 380 g/mol. The van der Waals surface area contributed by atoms with Crippen molar-refractivity contribution in [2.75, 3.05) is 12.4 Å². The van der Waals surface area contributed by atoms with E-state index in [0.717, 1.165) is 5.56 Å². The molecule has 8 nitrogen and oxygen atoms in total. The van der Waals surface area contributed by atoms with Crippen molar-refractivity contribution >= 4 is 22.8 Å². The smallest absolute Gasteiger partial charge is 0.181 e. The predicted octanol–water partition coefficient (Wildman–Crippen LogP) is 0.582. The lowest BCUT2D eigenvalue weighted by Crippen LogP contribution is -2.33. The summed E-state index contributed by atoms with van der Waals surface area (Å²) in [6.07, 6.45) is -1.22. The maximum Gasteiger partial charge on any atom is 0.181 e. The fourth-order valence-corrected chi connectivity index (χ4v) is 3.69. The van der Waals surface area contributed by atoms with Crippen LogP contribution in [0.15, 0.2) is 47.9 Å². The molecule has 1 aliphatic rings. The molecule has 144 valence electrons. The van der Waals surface area contributed by atoms with E-state index >= 15 is 0 Å². The number of rotatable bonds is 4. The maximum atomic E-state index is 10.2. The summed E-state index contributed by atoms with van der Waals surface area (Å²) < 4.78 is 6.94. The minimum absolute atomic E-state index is 0.399. The van der Waals surface area contributed by atoms with Crippen molar-refractivity contribution in [3.05, 3.63) is 48.4 Å². The summed E-state index contributed by atoms with van der Waals surface area (Å²) in [6, 6.07) is 9.73. The van der Waals surface area contributed by atoms with Crippen LogP contribution in [-0.2, 0) is 4.74 Å². The van der Waals surface area contributed by atoms with Gasteiger partial charge in [-0.25, -0.2) is 14.6 Å². The molecule has 1 aliphatic heterocycles. The van der Waals surface area contributed by atoms with Crippen LogP contribution >= 0.6 is 11.8 Å². The SMILES string of the molecule is OCC1OC(n2ncc3c(SCC#Cc4ccccc4)ncnc32)C(O)C1O. The summed E-state index contributed by atoms with van der Waals surface area (Å²) in [6.45, 7) is -0.399. The second kappa shape index (κ2) is 8.26. The summed E-state index contributed by atoms with van der Waals surface area (Å²) in [5.74, 6) is 6.74. The Hall–Kier alpha value is -2.48. The Labute approximate surface area is 165 Å². The van der Waals surface area contributed by atoms with Gasteiger partial charge in [-0.15, -0.1) is 0 Å². The van der Waals surface area contributed by atoms with Gasteiger partial charge in [0, 0.05) is 5.56 Å². The van der Waals surface area contributed by atoms with Crippen molar-refractivity contribution in [1.29, 1.82) is 0 Å². The van der Waals surface area contributed by atoms with Gasteiger partial charge < -0.3 is 20.1 Å². The van der Waals surface area contributed by atoms with Gasteiger partial charge in [-0.05, 0) is 12.1 Å². The molecule has 2 aromatic heterocycles. The van der Waals surface area contributed by atoms with E-state index in [2.05, 4.69) is 26.9 Å². The standard InChI is InChI=1S/C19H18N4O4S/c24-10-14-15(25)16(26)19(27-14)23-17-13(9-22-23)18(21-11-20-17)28-8-4-7-12-5-2-1-3-6-12/h1-3,5-6,9,11,14-16,19,24-26H,8,10H2. The van der Waals surface area contributed by atoms with E-state index in [0.29, 0.717) is 21.8 Å². The Balaban J connectivity index is 1.53. The maximum absolute atomic E-state index is 10.2. The second-order valence-corrected chi connectivity index (χ2v) is 7.15. The van der Waals surface area contributed by atoms with E-state index in [1.807, 2.05) is 30.3 Å². The first kappa shape index (κ1) is 18.9. The monoisotopic (exact) mass is 398 g/mol. The molecule has 1 fully saturated rings. The first-order chi connectivity index (χ1) is 13.7. The average molecular weight is 398 g/mol. The van der Waals surface area contributed by atoms with Gasteiger partial charge in [0.15, 0.2) is 11.9 Å². The Kier molecular flexibility index (Phi) is 5.57. The number of aromatic nitrogens is 4. The van der Waals surface area contributed by atoms with Crippen molar-refractivity contribution < 1.29 is 20.1 Å². The van der Waals surface area contributed by atoms with Crippen LogP contribution in [0.4, 0.5) is 0 Å². The lowest BCUT2D eigenvalue weighted by molar-refractivity contribution is -0.0566. The third kappa shape index (κ3) is 3.61. The average Bonchev–Trinajstić information content (AvgIpc) is 3.28. The van der Waals surface area contributed by atoms with Crippen molar-refractivity contribution in [2.24, 2.45) is 0 Å². The quantitative estimate of drug-likeness (QED) is 0.332. The lowest BCUT2D eigenvalue weighted by atomic mass is 10.1. The molecule has 1 aromatic carbocycles. The van der Waals surface area contributed by atoms with Gasteiger partial charge in [-0.3, -0.25) is 0 Å². The summed E-state index contributed by atoms with van der Waals surface area (Å²) in [5.41, 5.74) is 1.43. The minimum atomic E-state index is -1.22. The van der Waals surface area contributed by atoms with Crippen LogP contribution in [0.25, 0.3) is 11.0 Å². The number of fused-ring (bicyclic) bond motifs is 1. The van der Waals surface area contributed by atoms with Crippen LogP contribution in [0.1, 0.15) is 11.8 Å². The zero-order valence-electron chi connectivity index (χ0n) is 14.7. The second-order valence-electron chi connectivity index (χ2n) is 6.19. The molecule has 0 aliphatic carbocycles. The van der Waals surface area contributed by atoms with Gasteiger partial charge in [0.05, 0.1) is 23.9 Å². The molecule has 0 radical (unpaired) electrons. The zero-order valence-corrected chi connectivity index (χ0v) is 15.5. The molecule has 3 N–H and O–H groups in total. The largest absolute Gasteiger partial charge is 0.394 e. The van der Waals surface area contributed by atoms with Crippen molar-refractivity contribution in [2.45, 2.75) is 29.6 Å². The number of aliphatic hydroxyl groups is 3.